The van der Waals surface area contributed by atoms with Crippen molar-refractivity contribution in [3.8, 4) is 0 Å². The van der Waals surface area contributed by atoms with Gasteiger partial charge in [-0.2, -0.15) is 0 Å². The van der Waals surface area contributed by atoms with E-state index in [9.17, 15) is 4.79 Å². The molecule has 1 aromatic heterocycles. The number of pyridine rings is 1. The number of aromatic nitrogens is 1. The molecule has 4 heteroatoms. The molecule has 0 amide bonds. The molecule has 76 valence electrons. The molecule has 2 N–H and O–H groups in total. The number of hydrogen-bond donors (Lipinski definition) is 1. The van der Waals surface area contributed by atoms with Crippen molar-refractivity contribution in [1.29, 1.82) is 0 Å². The molecule has 0 saturated carbocycles. The van der Waals surface area contributed by atoms with Gasteiger partial charge in [0.25, 0.3) is 0 Å². The van der Waals surface area contributed by atoms with Crippen LogP contribution in [0.4, 0.5) is 5.69 Å². The van der Waals surface area contributed by atoms with Crippen LogP contribution < -0.4 is 5.73 Å². The second kappa shape index (κ2) is 3.57. The summed E-state index contributed by atoms with van der Waals surface area (Å²) in [6, 6.07) is 9.17. The van der Waals surface area contributed by atoms with E-state index in [1.807, 2.05) is 24.3 Å². The predicted molar refractivity (Wildman–Crippen MR) is 57.5 cm³/mol. The number of nitrogens with two attached hydrogens (primary N) is 1. The summed E-state index contributed by atoms with van der Waals surface area (Å²) in [7, 11) is 1.30. The lowest BCUT2D eigenvalue weighted by atomic mass is 10.2. The van der Waals surface area contributed by atoms with Crippen LogP contribution in [0.25, 0.3) is 10.9 Å². The number of carbonyl (C=O) groups is 1. The van der Waals surface area contributed by atoms with Gasteiger partial charge < -0.3 is 10.5 Å². The van der Waals surface area contributed by atoms with E-state index < -0.39 is 5.97 Å². The fraction of sp³-hybridized carbons (Fsp3) is 0.0909. The molecule has 0 aliphatic rings. The van der Waals surface area contributed by atoms with Gasteiger partial charge in [0.05, 0.1) is 18.3 Å². The molecule has 1 heterocycles. The monoisotopic (exact) mass is 202 g/mol. The van der Waals surface area contributed by atoms with Crippen LogP contribution in [0.1, 0.15) is 10.5 Å². The third-order valence-corrected chi connectivity index (χ3v) is 2.13. The third kappa shape index (κ3) is 1.61. The molecule has 0 spiro atoms. The van der Waals surface area contributed by atoms with Crippen LogP contribution in [0, 0.1) is 0 Å². The van der Waals surface area contributed by atoms with Gasteiger partial charge in [-0.25, -0.2) is 9.78 Å². The van der Waals surface area contributed by atoms with E-state index in [4.69, 9.17) is 5.73 Å². The van der Waals surface area contributed by atoms with Gasteiger partial charge in [-0.1, -0.05) is 18.2 Å². The summed E-state index contributed by atoms with van der Waals surface area (Å²) in [5.74, 6) is -0.516. The Hall–Kier alpha value is -2.10. The molecule has 2 aromatic rings. The average Bonchev–Trinajstić information content (AvgIpc) is 2.27. The highest BCUT2D eigenvalue weighted by Crippen LogP contribution is 2.18. The molecule has 15 heavy (non-hydrogen) atoms. The molecule has 4 nitrogen and oxygen atoms in total. The lowest BCUT2D eigenvalue weighted by Gasteiger charge is -2.04. The highest BCUT2D eigenvalue weighted by molar-refractivity contribution is 5.97. The van der Waals surface area contributed by atoms with Gasteiger partial charge in [0.15, 0.2) is 5.69 Å². The Balaban J connectivity index is 2.67. The second-order valence-corrected chi connectivity index (χ2v) is 3.11. The molecule has 0 unspecified atom stereocenters. The molecule has 0 fully saturated rings. The number of nitrogen functional groups attached to an aromatic ring is 1. The number of hydrogen-bond acceptors (Lipinski definition) is 4. The summed E-state index contributed by atoms with van der Waals surface area (Å²) in [6.07, 6.45) is 0. The molecule has 0 atom stereocenters. The summed E-state index contributed by atoms with van der Waals surface area (Å²) >= 11 is 0. The zero-order valence-corrected chi connectivity index (χ0v) is 8.23. The molecule has 0 bridgehead atoms. The number of methoxy groups -OCH3 is 1. The second-order valence-electron chi connectivity index (χ2n) is 3.11. The predicted octanol–water partition coefficient (Wildman–Crippen LogP) is 1.60. The molecule has 2 rings (SSSR count). The van der Waals surface area contributed by atoms with Gasteiger partial charge in [-0.05, 0) is 12.1 Å². The van der Waals surface area contributed by atoms with Gasteiger partial charge >= 0.3 is 5.97 Å². The lowest BCUT2D eigenvalue weighted by molar-refractivity contribution is 0.0596. The molecular weight excluding hydrogens is 192 g/mol. The standard InChI is InChI=1S/C11H10N2O2/c1-15-11(14)10-8(12)6-7-4-2-3-5-9(7)13-10/h2-6H,12H2,1H3. The van der Waals surface area contributed by atoms with E-state index in [0.717, 1.165) is 10.9 Å². The smallest absolute Gasteiger partial charge is 0.358 e. The first-order valence-electron chi connectivity index (χ1n) is 4.46. The van der Waals surface area contributed by atoms with E-state index in [1.54, 1.807) is 6.07 Å². The van der Waals surface area contributed by atoms with E-state index >= 15 is 0 Å². The zero-order valence-electron chi connectivity index (χ0n) is 8.23. The van der Waals surface area contributed by atoms with Crippen LogP contribution in [0.3, 0.4) is 0 Å². The van der Waals surface area contributed by atoms with Crippen LogP contribution in [0.15, 0.2) is 30.3 Å². The lowest BCUT2D eigenvalue weighted by Crippen LogP contribution is -2.08. The number of benzene rings is 1. The Morgan fingerprint density at radius 1 is 1.40 bits per heavy atom. The summed E-state index contributed by atoms with van der Waals surface area (Å²) in [5.41, 5.74) is 6.93. The number of esters is 1. The number of para-hydroxylation sites is 1. The molecule has 0 aliphatic carbocycles. The number of fused-ring (bicyclic) bond motifs is 1. The topological polar surface area (TPSA) is 65.2 Å². The van der Waals surface area contributed by atoms with Gasteiger partial charge in [-0.3, -0.25) is 0 Å². The highest BCUT2D eigenvalue weighted by atomic mass is 16.5. The normalized spacial score (nSPS) is 10.2. The first-order chi connectivity index (χ1) is 7.22. The maximum Gasteiger partial charge on any atom is 0.358 e. The van der Waals surface area contributed by atoms with E-state index in [-0.39, 0.29) is 5.69 Å². The molecule has 0 aliphatic heterocycles. The molecular formula is C11H10N2O2. The maximum absolute atomic E-state index is 11.3. The Bertz CT molecular complexity index is 523. The Morgan fingerprint density at radius 3 is 2.87 bits per heavy atom. The summed E-state index contributed by atoms with van der Waals surface area (Å²) < 4.78 is 4.58. The zero-order chi connectivity index (χ0) is 10.8. The van der Waals surface area contributed by atoms with E-state index in [1.165, 1.54) is 7.11 Å². The number of anilines is 1. The fourth-order valence-corrected chi connectivity index (χ4v) is 1.39. The average molecular weight is 202 g/mol. The summed E-state index contributed by atoms with van der Waals surface area (Å²) in [4.78, 5) is 15.5. The third-order valence-electron chi connectivity index (χ3n) is 2.13. The van der Waals surface area contributed by atoms with Crippen molar-refractivity contribution in [2.75, 3.05) is 12.8 Å². The van der Waals surface area contributed by atoms with Crippen LogP contribution in [-0.4, -0.2) is 18.1 Å². The minimum Gasteiger partial charge on any atom is -0.464 e. The SMILES string of the molecule is COC(=O)c1nc2ccccc2cc1N. The van der Waals surface area contributed by atoms with Crippen molar-refractivity contribution in [2.24, 2.45) is 0 Å². The van der Waals surface area contributed by atoms with Crippen LogP contribution in [0.5, 0.6) is 0 Å². The van der Waals surface area contributed by atoms with Gasteiger partial charge in [-0.15, -0.1) is 0 Å². The number of ether oxygens (including phenoxy) is 1. The minimum atomic E-state index is -0.516. The summed E-state index contributed by atoms with van der Waals surface area (Å²) in [6.45, 7) is 0. The highest BCUT2D eigenvalue weighted by Gasteiger charge is 2.12. The van der Waals surface area contributed by atoms with Gasteiger partial charge in [0.1, 0.15) is 0 Å². The maximum atomic E-state index is 11.3. The first-order valence-corrected chi connectivity index (χ1v) is 4.46. The van der Waals surface area contributed by atoms with Crippen molar-refractivity contribution < 1.29 is 9.53 Å². The number of nitrogens with zero attached hydrogens (tertiary/aromatic N) is 1. The van der Waals surface area contributed by atoms with Crippen molar-refractivity contribution in [3.05, 3.63) is 36.0 Å². The van der Waals surface area contributed by atoms with Gasteiger partial charge in [0, 0.05) is 5.39 Å². The van der Waals surface area contributed by atoms with E-state index in [0.29, 0.717) is 5.69 Å². The largest absolute Gasteiger partial charge is 0.464 e. The van der Waals surface area contributed by atoms with Crippen LogP contribution in [0.2, 0.25) is 0 Å². The van der Waals surface area contributed by atoms with Crippen molar-refractivity contribution in [2.45, 2.75) is 0 Å². The van der Waals surface area contributed by atoms with Crippen LogP contribution >= 0.6 is 0 Å². The Kier molecular flexibility index (Phi) is 2.25. The molecule has 0 radical (unpaired) electrons. The van der Waals surface area contributed by atoms with E-state index in [2.05, 4.69) is 9.72 Å². The van der Waals surface area contributed by atoms with Crippen molar-refractivity contribution >= 4 is 22.6 Å². The number of rotatable bonds is 1. The Labute approximate surface area is 86.7 Å². The van der Waals surface area contributed by atoms with Crippen LogP contribution in [-0.2, 0) is 4.74 Å². The minimum absolute atomic E-state index is 0.163. The summed E-state index contributed by atoms with van der Waals surface area (Å²) in [5, 5.41) is 0.905. The quantitative estimate of drug-likeness (QED) is 0.713. The van der Waals surface area contributed by atoms with Crippen molar-refractivity contribution in [3.63, 3.8) is 0 Å². The first kappa shape index (κ1) is 9.45. The molecule has 0 saturated heterocycles. The van der Waals surface area contributed by atoms with Gasteiger partial charge in [0.2, 0.25) is 0 Å². The fourth-order valence-electron chi connectivity index (χ4n) is 1.39. The van der Waals surface area contributed by atoms with Crippen molar-refractivity contribution in [1.82, 2.24) is 4.98 Å². The Morgan fingerprint density at radius 2 is 2.13 bits per heavy atom. The molecule has 1 aromatic carbocycles. The number of carbonyl (C=O) groups excluding carboxylic acids is 1.